The predicted molar refractivity (Wildman–Crippen MR) is 52.6 cm³/mol. The molecule has 0 aromatic rings. The smallest absolute Gasteiger partial charge is 0.131 e. The van der Waals surface area contributed by atoms with Crippen molar-refractivity contribution in [3.05, 3.63) is 35.8 Å². The summed E-state index contributed by atoms with van der Waals surface area (Å²) in [6.07, 6.45) is 7.65. The number of nitrogens with zero attached hydrogens (tertiary/aromatic N) is 1. The summed E-state index contributed by atoms with van der Waals surface area (Å²) >= 11 is 1.32. The average Bonchev–Trinajstić information content (AvgIpc) is 2.08. The van der Waals surface area contributed by atoms with E-state index in [4.69, 9.17) is 9.22 Å². The molecular weight excluding hydrogens is 186 g/mol. The van der Waals surface area contributed by atoms with Crippen molar-refractivity contribution in [2.45, 2.75) is 0 Å². The zero-order valence-corrected chi connectivity index (χ0v) is 8.21. The average molecular weight is 197 g/mol. The van der Waals surface area contributed by atoms with E-state index in [1.54, 1.807) is 6.26 Å². The SMILES string of the molecule is CN1C=CC2=C(CSOO/C=C/2)C1. The van der Waals surface area contributed by atoms with Crippen LogP contribution in [0.2, 0.25) is 0 Å². The maximum absolute atomic E-state index is 4.81. The molecule has 2 rings (SSSR count). The first-order valence-corrected chi connectivity index (χ1v) is 4.99. The van der Waals surface area contributed by atoms with Crippen LogP contribution in [-0.4, -0.2) is 24.2 Å². The van der Waals surface area contributed by atoms with E-state index in [0.717, 1.165) is 12.3 Å². The van der Waals surface area contributed by atoms with Gasteiger partial charge in [-0.3, -0.25) is 0 Å². The van der Waals surface area contributed by atoms with Crippen molar-refractivity contribution < 1.29 is 9.22 Å². The summed E-state index contributed by atoms with van der Waals surface area (Å²) in [7, 11) is 2.06. The molecule has 0 unspecified atom stereocenters. The van der Waals surface area contributed by atoms with Gasteiger partial charge in [-0.25, -0.2) is 0 Å². The van der Waals surface area contributed by atoms with Crippen molar-refractivity contribution in [2.24, 2.45) is 0 Å². The highest BCUT2D eigenvalue weighted by Gasteiger charge is 2.11. The van der Waals surface area contributed by atoms with Gasteiger partial charge in [0.05, 0.1) is 0 Å². The summed E-state index contributed by atoms with van der Waals surface area (Å²) in [6, 6.07) is 0. The van der Waals surface area contributed by atoms with Gasteiger partial charge in [-0.1, -0.05) is 0 Å². The van der Waals surface area contributed by atoms with E-state index in [1.165, 1.54) is 23.2 Å². The van der Waals surface area contributed by atoms with Crippen LogP contribution in [0, 0.1) is 0 Å². The first kappa shape index (κ1) is 8.72. The lowest BCUT2D eigenvalue weighted by molar-refractivity contribution is -0.129. The number of hydrogen-bond donors (Lipinski definition) is 0. The Labute approximate surface area is 81.8 Å². The minimum atomic E-state index is 0.856. The first-order valence-electron chi connectivity index (χ1n) is 4.08. The van der Waals surface area contributed by atoms with E-state index in [1.807, 2.05) is 6.08 Å². The maximum atomic E-state index is 4.81. The van der Waals surface area contributed by atoms with Gasteiger partial charge in [-0.05, 0) is 29.5 Å². The van der Waals surface area contributed by atoms with E-state index in [2.05, 4.69) is 24.2 Å². The van der Waals surface area contributed by atoms with E-state index in [9.17, 15) is 0 Å². The van der Waals surface area contributed by atoms with Crippen LogP contribution in [0.3, 0.4) is 0 Å². The second kappa shape index (κ2) is 3.89. The third-order valence-corrected chi connectivity index (χ3v) is 2.62. The summed E-state index contributed by atoms with van der Waals surface area (Å²) in [6.45, 7) is 0.965. The lowest BCUT2D eigenvalue weighted by Gasteiger charge is -2.22. The number of rotatable bonds is 0. The first-order chi connectivity index (χ1) is 6.36. The molecule has 3 nitrogen and oxygen atoms in total. The number of hydrogen-bond acceptors (Lipinski definition) is 4. The van der Waals surface area contributed by atoms with Crippen LogP contribution < -0.4 is 0 Å². The molecule has 70 valence electrons. The second-order valence-electron chi connectivity index (χ2n) is 3.02. The van der Waals surface area contributed by atoms with Gasteiger partial charge in [-0.2, -0.15) is 0 Å². The Balaban J connectivity index is 2.22. The molecular formula is C9H11NO2S. The zero-order chi connectivity index (χ0) is 9.10. The summed E-state index contributed by atoms with van der Waals surface area (Å²) in [5.41, 5.74) is 2.60. The molecule has 2 heterocycles. The van der Waals surface area contributed by atoms with Gasteiger partial charge >= 0.3 is 0 Å². The molecule has 4 heteroatoms. The molecule has 0 spiro atoms. The van der Waals surface area contributed by atoms with Crippen LogP contribution >= 0.6 is 12.0 Å². The Kier molecular flexibility index (Phi) is 2.61. The van der Waals surface area contributed by atoms with Gasteiger partial charge in [0.2, 0.25) is 0 Å². The van der Waals surface area contributed by atoms with Crippen molar-refractivity contribution in [1.29, 1.82) is 0 Å². The van der Waals surface area contributed by atoms with E-state index < -0.39 is 0 Å². The number of allylic oxidation sites excluding steroid dienone is 3. The fourth-order valence-corrected chi connectivity index (χ4v) is 1.87. The highest BCUT2D eigenvalue weighted by molar-refractivity contribution is 7.94. The van der Waals surface area contributed by atoms with E-state index in [-0.39, 0.29) is 0 Å². The third kappa shape index (κ3) is 2.08. The maximum Gasteiger partial charge on any atom is 0.131 e. The zero-order valence-electron chi connectivity index (χ0n) is 7.40. The molecule has 13 heavy (non-hydrogen) atoms. The number of likely N-dealkylation sites (N-methyl/N-ethyl adjacent to an activating group) is 1. The van der Waals surface area contributed by atoms with Crippen LogP contribution in [0.15, 0.2) is 35.8 Å². The summed E-state index contributed by atoms with van der Waals surface area (Å²) in [5.74, 6) is 0.856. The summed E-state index contributed by atoms with van der Waals surface area (Å²) in [5, 5.41) is 0. The molecule has 0 fully saturated rings. The van der Waals surface area contributed by atoms with Gasteiger partial charge in [0.1, 0.15) is 6.26 Å². The largest absolute Gasteiger partial charge is 0.376 e. The lowest BCUT2D eigenvalue weighted by atomic mass is 10.1. The molecule has 0 aromatic carbocycles. The van der Waals surface area contributed by atoms with Crippen molar-refractivity contribution in [3.8, 4) is 0 Å². The molecule has 0 N–H and O–H groups in total. The summed E-state index contributed by atoms with van der Waals surface area (Å²) in [4.78, 5) is 6.90. The van der Waals surface area contributed by atoms with Crippen LogP contribution in [0.5, 0.6) is 0 Å². The highest BCUT2D eigenvalue weighted by atomic mass is 32.2. The Bertz CT molecular complexity index is 279. The van der Waals surface area contributed by atoms with Gasteiger partial charge in [-0.15, -0.1) is 4.33 Å². The highest BCUT2D eigenvalue weighted by Crippen LogP contribution is 2.22. The van der Waals surface area contributed by atoms with Crippen molar-refractivity contribution in [2.75, 3.05) is 19.3 Å². The Morgan fingerprint density at radius 1 is 1.46 bits per heavy atom. The Hall–Kier alpha value is -0.870. The monoisotopic (exact) mass is 197 g/mol. The molecule has 0 saturated heterocycles. The fourth-order valence-electron chi connectivity index (χ4n) is 1.32. The van der Waals surface area contributed by atoms with Gasteiger partial charge in [0.15, 0.2) is 0 Å². The topological polar surface area (TPSA) is 21.7 Å². The minimum absolute atomic E-state index is 0.856. The summed E-state index contributed by atoms with van der Waals surface area (Å²) < 4.78 is 4.81. The van der Waals surface area contributed by atoms with E-state index in [0.29, 0.717) is 0 Å². The standard InChI is InChI=1S/C9H11NO2S/c1-10-4-2-8-3-5-11-12-13-7-9(8)6-10/h2-5H,6-7H2,1H3/b5-3+. The predicted octanol–water partition coefficient (Wildman–Crippen LogP) is 1.87. The van der Waals surface area contributed by atoms with Crippen molar-refractivity contribution in [1.82, 2.24) is 4.90 Å². The normalized spacial score (nSPS) is 24.5. The Morgan fingerprint density at radius 2 is 2.38 bits per heavy atom. The van der Waals surface area contributed by atoms with Crippen molar-refractivity contribution in [3.63, 3.8) is 0 Å². The van der Waals surface area contributed by atoms with Crippen LogP contribution in [0.25, 0.3) is 0 Å². The van der Waals surface area contributed by atoms with Gasteiger partial charge in [0, 0.05) is 31.4 Å². The third-order valence-electron chi connectivity index (χ3n) is 1.98. The fraction of sp³-hybridized carbons (Fsp3) is 0.333. The van der Waals surface area contributed by atoms with Crippen LogP contribution in [-0.2, 0) is 9.22 Å². The molecule has 0 atom stereocenters. The van der Waals surface area contributed by atoms with Crippen LogP contribution in [0.1, 0.15) is 0 Å². The second-order valence-corrected chi connectivity index (χ2v) is 3.68. The lowest BCUT2D eigenvalue weighted by Crippen LogP contribution is -2.20. The molecule has 0 aromatic heterocycles. The quantitative estimate of drug-likeness (QED) is 0.436. The molecule has 0 aliphatic carbocycles. The van der Waals surface area contributed by atoms with Crippen molar-refractivity contribution >= 4 is 12.0 Å². The van der Waals surface area contributed by atoms with Gasteiger partial charge in [0.25, 0.3) is 0 Å². The molecule has 0 saturated carbocycles. The van der Waals surface area contributed by atoms with E-state index >= 15 is 0 Å². The molecule has 2 aliphatic rings. The molecule has 0 radical (unpaired) electrons. The molecule has 0 amide bonds. The molecule has 0 bridgehead atoms. The Morgan fingerprint density at radius 3 is 3.31 bits per heavy atom. The van der Waals surface area contributed by atoms with Crippen LogP contribution in [0.4, 0.5) is 0 Å². The van der Waals surface area contributed by atoms with Gasteiger partial charge < -0.3 is 9.79 Å². The minimum Gasteiger partial charge on any atom is -0.376 e. The molecule has 2 aliphatic heterocycles.